The molecule has 0 saturated heterocycles. The van der Waals surface area contributed by atoms with Crippen LogP contribution in [0.15, 0.2) is 18.7 Å². The number of nitrogens with one attached hydrogen (secondary N) is 1. The van der Waals surface area contributed by atoms with Gasteiger partial charge >= 0.3 is 5.51 Å². The van der Waals surface area contributed by atoms with E-state index in [0.29, 0.717) is 0 Å². The number of nitrogens with zero attached hydrogens (tertiary/aromatic N) is 2. The van der Waals surface area contributed by atoms with Crippen molar-refractivity contribution in [2.45, 2.75) is 57.5 Å². The van der Waals surface area contributed by atoms with Gasteiger partial charge in [-0.15, -0.1) is 0 Å². The topological polar surface area (TPSA) is 66.8 Å². The molecule has 0 saturated carbocycles. The van der Waals surface area contributed by atoms with Crippen molar-refractivity contribution in [3.63, 3.8) is 0 Å². The zero-order chi connectivity index (χ0) is 17.2. The molecule has 5 nitrogen and oxygen atoms in total. The molecule has 0 fully saturated rings. The normalized spacial score (nSPS) is 11.9. The number of halogens is 3. The smallest absolute Gasteiger partial charge is 0.479 e. The highest BCUT2D eigenvalue weighted by Crippen LogP contribution is 2.22. The van der Waals surface area contributed by atoms with Gasteiger partial charge in [-0.2, -0.15) is 13.2 Å². The Morgan fingerprint density at radius 2 is 1.64 bits per heavy atom. The molecule has 130 valence electrons. The summed E-state index contributed by atoms with van der Waals surface area (Å²) in [5, 5.41) is 5.43. The molecule has 0 bridgehead atoms. The molecule has 1 heterocycles. The minimum atomic E-state index is -5.59. The van der Waals surface area contributed by atoms with Crippen molar-refractivity contribution in [2.24, 2.45) is 7.05 Å². The quantitative estimate of drug-likeness (QED) is 0.561. The summed E-state index contributed by atoms with van der Waals surface area (Å²) in [5.74, 6) is 0. The Morgan fingerprint density at radius 1 is 1.14 bits per heavy atom. The first-order chi connectivity index (χ1) is 10.1. The summed E-state index contributed by atoms with van der Waals surface area (Å²) in [6, 6.07) is 0. The van der Waals surface area contributed by atoms with Gasteiger partial charge < -0.3 is 5.14 Å². The fraction of sp³-hybridized carbons (Fsp3) is 0.769. The van der Waals surface area contributed by atoms with Crippen molar-refractivity contribution < 1.29 is 26.2 Å². The first-order valence-corrected chi connectivity index (χ1v) is 8.63. The van der Waals surface area contributed by atoms with E-state index in [1.54, 1.807) is 0 Å². The van der Waals surface area contributed by atoms with E-state index in [4.69, 9.17) is 5.14 Å². The number of alkyl halides is 3. The van der Waals surface area contributed by atoms with Crippen LogP contribution in [0.4, 0.5) is 13.2 Å². The Kier molecular flexibility index (Phi) is 9.34. The average Bonchev–Trinajstić information content (AvgIpc) is 2.78. The Morgan fingerprint density at radius 3 is 2.05 bits per heavy atom. The van der Waals surface area contributed by atoms with Gasteiger partial charge in [0.25, 0.3) is 0 Å². The summed E-state index contributed by atoms with van der Waals surface area (Å²) in [6.07, 6.45) is 14.6. The largest absolute Gasteiger partial charge is 0.556 e. The lowest BCUT2D eigenvalue weighted by Crippen LogP contribution is -2.23. The molecule has 0 aliphatic rings. The lowest BCUT2D eigenvalue weighted by atomic mass is 10.1. The monoisotopic (exact) mass is 343 g/mol. The molecule has 0 aromatic carbocycles. The van der Waals surface area contributed by atoms with Gasteiger partial charge in [0.05, 0.1) is 13.6 Å². The molecule has 0 aliphatic heterocycles. The number of aryl methyl sites for hydroxylation is 2. The van der Waals surface area contributed by atoms with Crippen LogP contribution in [0.1, 0.15) is 45.4 Å². The van der Waals surface area contributed by atoms with E-state index >= 15 is 0 Å². The minimum absolute atomic E-state index is 1.17. The molecule has 0 aliphatic carbocycles. The van der Waals surface area contributed by atoms with Gasteiger partial charge in [-0.3, -0.25) is 0 Å². The summed E-state index contributed by atoms with van der Waals surface area (Å²) in [7, 11) is -3.52. The van der Waals surface area contributed by atoms with Crippen LogP contribution in [0.3, 0.4) is 0 Å². The van der Waals surface area contributed by atoms with E-state index in [9.17, 15) is 21.6 Å². The van der Waals surface area contributed by atoms with E-state index < -0.39 is 15.5 Å². The Labute approximate surface area is 130 Å². The van der Waals surface area contributed by atoms with Crippen LogP contribution >= 0.6 is 0 Å². The lowest BCUT2D eigenvalue weighted by Gasteiger charge is -2.07. The first kappa shape index (κ1) is 20.9. The van der Waals surface area contributed by atoms with Crippen molar-refractivity contribution in [1.29, 1.82) is 0 Å². The van der Waals surface area contributed by atoms with Crippen LogP contribution in [0.2, 0.25) is 0 Å². The fourth-order valence-corrected chi connectivity index (χ4v) is 1.71. The number of hydrogen-bond donors (Lipinski definition) is 0. The molecule has 0 radical (unpaired) electrons. The maximum Gasteiger partial charge on any atom is 0.479 e. The van der Waals surface area contributed by atoms with Gasteiger partial charge in [-0.05, 0) is 12.8 Å². The third-order valence-electron chi connectivity index (χ3n) is 2.90. The van der Waals surface area contributed by atoms with E-state index in [0.717, 1.165) is 0 Å². The third kappa shape index (κ3) is 9.78. The van der Waals surface area contributed by atoms with E-state index in [2.05, 4.69) is 41.8 Å². The van der Waals surface area contributed by atoms with Crippen molar-refractivity contribution in [2.75, 3.05) is 0 Å². The fourth-order valence-electron chi connectivity index (χ4n) is 1.71. The summed E-state index contributed by atoms with van der Waals surface area (Å²) >= 11 is 0. The maximum atomic E-state index is 10.8. The van der Waals surface area contributed by atoms with Crippen molar-refractivity contribution in [3.8, 4) is 0 Å². The zero-order valence-electron chi connectivity index (χ0n) is 12.9. The first-order valence-electron chi connectivity index (χ1n) is 7.15. The predicted octanol–water partition coefficient (Wildman–Crippen LogP) is 3.56. The van der Waals surface area contributed by atoms with Crippen molar-refractivity contribution in [3.05, 3.63) is 23.9 Å². The number of hydrogen-bond acceptors (Lipinski definition) is 2. The van der Waals surface area contributed by atoms with Crippen LogP contribution in [0.5, 0.6) is 0 Å². The van der Waals surface area contributed by atoms with E-state index in [1.807, 2.05) is 0 Å². The Bertz CT molecular complexity index is 513. The number of unbranched alkanes of at least 4 members (excludes halogenated alkanes) is 5. The molecule has 0 amide bonds. The SMILES string of the molecule is CCCCCCCCn1cc[n+](C)c1.[NH-]S(=O)(=O)C(F)(F)F. The van der Waals surface area contributed by atoms with Crippen LogP contribution in [0, 0.1) is 0 Å². The second-order valence-corrected chi connectivity index (χ2v) is 6.50. The van der Waals surface area contributed by atoms with Gasteiger partial charge in [-0.25, -0.2) is 17.6 Å². The highest BCUT2D eigenvalue weighted by molar-refractivity contribution is 7.93. The molecule has 1 aromatic heterocycles. The van der Waals surface area contributed by atoms with Crippen LogP contribution in [-0.2, 0) is 23.6 Å². The molecule has 0 atom stereocenters. The van der Waals surface area contributed by atoms with Gasteiger partial charge in [-0.1, -0.05) is 32.6 Å². The average molecular weight is 343 g/mol. The Hall–Kier alpha value is -1.09. The second-order valence-electron chi connectivity index (χ2n) is 5.03. The summed E-state index contributed by atoms with van der Waals surface area (Å²) in [6.45, 7) is 3.44. The third-order valence-corrected chi connectivity index (χ3v) is 3.51. The number of sulfonamides is 1. The highest BCUT2D eigenvalue weighted by Gasteiger charge is 2.36. The van der Waals surface area contributed by atoms with Crippen molar-refractivity contribution in [1.82, 2.24) is 4.57 Å². The molecule has 1 rings (SSSR count). The van der Waals surface area contributed by atoms with Crippen LogP contribution in [0.25, 0.3) is 5.14 Å². The summed E-state index contributed by atoms with van der Waals surface area (Å²) in [5.41, 5.74) is -5.42. The molecule has 0 spiro atoms. The lowest BCUT2D eigenvalue weighted by molar-refractivity contribution is -0.671. The zero-order valence-corrected chi connectivity index (χ0v) is 13.8. The van der Waals surface area contributed by atoms with E-state index in [-0.39, 0.29) is 0 Å². The van der Waals surface area contributed by atoms with E-state index in [1.165, 1.54) is 45.1 Å². The molecule has 0 unspecified atom stereocenters. The molecule has 22 heavy (non-hydrogen) atoms. The second kappa shape index (κ2) is 9.83. The molecular weight excluding hydrogens is 319 g/mol. The molecule has 1 N–H and O–H groups in total. The highest BCUT2D eigenvalue weighted by atomic mass is 32.2. The standard InChI is InChI=1S/C12H23N2.CHF3NO2S/c1-3-4-5-6-7-8-9-14-11-10-13(2)12-14;2-1(3,4)8(5,6)7/h10-12H,3-9H2,1-2H3;(H-,5,6,7)/q+1;-1. The molecule has 9 heteroatoms. The van der Waals surface area contributed by atoms with Gasteiger partial charge in [0, 0.05) is 0 Å². The summed E-state index contributed by atoms with van der Waals surface area (Å²) in [4.78, 5) is 0. The van der Waals surface area contributed by atoms with Gasteiger partial charge in [0.2, 0.25) is 6.33 Å². The number of aromatic nitrogens is 2. The number of rotatable bonds is 7. The van der Waals surface area contributed by atoms with Gasteiger partial charge in [0.1, 0.15) is 12.4 Å². The Balaban J connectivity index is 0.000000472. The predicted molar refractivity (Wildman–Crippen MR) is 78.3 cm³/mol. The maximum absolute atomic E-state index is 10.8. The van der Waals surface area contributed by atoms with Gasteiger partial charge in [0.15, 0.2) is 10.0 Å². The number of imidazole rings is 1. The van der Waals surface area contributed by atoms with Crippen molar-refractivity contribution >= 4 is 10.0 Å². The summed E-state index contributed by atoms with van der Waals surface area (Å²) < 4.78 is 55.1. The molecular formula is C13H24F3N3O2S. The van der Waals surface area contributed by atoms with Crippen LogP contribution < -0.4 is 4.57 Å². The van der Waals surface area contributed by atoms with Crippen LogP contribution in [-0.4, -0.2) is 18.5 Å². The molecule has 1 aromatic rings. The minimum Gasteiger partial charge on any atom is -0.556 e.